The average Bonchev–Trinajstić information content (AvgIpc) is 2.51. The predicted octanol–water partition coefficient (Wildman–Crippen LogP) is 3.10. The number of nitrogens with zero attached hydrogens (tertiary/aromatic N) is 1. The minimum atomic E-state index is -3.38. The SMILES string of the molecule is CCOP(=O)(OCC)[C@@H]1CN(Cc2ccccc2)CCC1=O. The third kappa shape index (κ3) is 4.26. The van der Waals surface area contributed by atoms with Crippen molar-refractivity contribution in [3.63, 3.8) is 0 Å². The van der Waals surface area contributed by atoms with E-state index in [9.17, 15) is 9.36 Å². The van der Waals surface area contributed by atoms with Crippen molar-refractivity contribution < 1.29 is 18.4 Å². The first kappa shape index (κ1) is 17.4. The smallest absolute Gasteiger partial charge is 0.308 e. The lowest BCUT2D eigenvalue weighted by molar-refractivity contribution is -0.121. The third-order valence-electron chi connectivity index (χ3n) is 3.73. The second-order valence-electron chi connectivity index (χ2n) is 5.33. The number of carbonyl (C=O) groups excluding carboxylic acids is 1. The van der Waals surface area contributed by atoms with Crippen LogP contribution in [0.25, 0.3) is 0 Å². The Bertz CT molecular complexity index is 524. The average molecular weight is 325 g/mol. The van der Waals surface area contributed by atoms with Crippen molar-refractivity contribution in [3.05, 3.63) is 35.9 Å². The van der Waals surface area contributed by atoms with Gasteiger partial charge in [-0.05, 0) is 19.4 Å². The first-order chi connectivity index (χ1) is 10.6. The molecular weight excluding hydrogens is 301 g/mol. The van der Waals surface area contributed by atoms with E-state index in [1.807, 2.05) is 18.2 Å². The number of carbonyl (C=O) groups is 1. The minimum absolute atomic E-state index is 0.0189. The van der Waals surface area contributed by atoms with E-state index in [4.69, 9.17) is 9.05 Å². The van der Waals surface area contributed by atoms with Crippen molar-refractivity contribution in [2.75, 3.05) is 26.3 Å². The molecule has 122 valence electrons. The Labute approximate surface area is 132 Å². The van der Waals surface area contributed by atoms with Gasteiger partial charge in [0.1, 0.15) is 5.66 Å². The van der Waals surface area contributed by atoms with E-state index in [2.05, 4.69) is 17.0 Å². The van der Waals surface area contributed by atoms with Crippen molar-refractivity contribution in [2.24, 2.45) is 0 Å². The summed E-state index contributed by atoms with van der Waals surface area (Å²) in [6, 6.07) is 10.1. The maximum atomic E-state index is 12.9. The summed E-state index contributed by atoms with van der Waals surface area (Å²) in [5, 5.41) is 0. The molecule has 1 aromatic carbocycles. The molecule has 1 saturated heterocycles. The number of hydrogen-bond donors (Lipinski definition) is 0. The zero-order valence-electron chi connectivity index (χ0n) is 13.2. The Morgan fingerprint density at radius 3 is 2.41 bits per heavy atom. The highest BCUT2D eigenvalue weighted by atomic mass is 31.2. The van der Waals surface area contributed by atoms with Crippen molar-refractivity contribution in [3.8, 4) is 0 Å². The van der Waals surface area contributed by atoms with Gasteiger partial charge in [0.05, 0.1) is 13.2 Å². The van der Waals surface area contributed by atoms with Crippen LogP contribution in [0.1, 0.15) is 25.8 Å². The summed E-state index contributed by atoms with van der Waals surface area (Å²) in [5.41, 5.74) is 0.503. The van der Waals surface area contributed by atoms with Crippen LogP contribution in [0, 0.1) is 0 Å². The Hall–Kier alpha value is -1.00. The molecule has 0 spiro atoms. The second kappa shape index (κ2) is 8.02. The lowest BCUT2D eigenvalue weighted by atomic mass is 10.1. The van der Waals surface area contributed by atoms with E-state index in [1.54, 1.807) is 13.8 Å². The molecule has 1 heterocycles. The molecule has 1 aliphatic rings. The van der Waals surface area contributed by atoms with Crippen molar-refractivity contribution >= 4 is 13.4 Å². The molecule has 6 heteroatoms. The van der Waals surface area contributed by atoms with Gasteiger partial charge in [-0.3, -0.25) is 14.3 Å². The Balaban J connectivity index is 2.10. The Kier molecular flexibility index (Phi) is 6.33. The van der Waals surface area contributed by atoms with E-state index in [-0.39, 0.29) is 19.0 Å². The molecule has 1 aromatic rings. The Morgan fingerprint density at radius 1 is 1.18 bits per heavy atom. The fraction of sp³-hybridized carbons (Fsp3) is 0.562. The summed E-state index contributed by atoms with van der Waals surface area (Å²) in [4.78, 5) is 14.4. The van der Waals surface area contributed by atoms with Crippen molar-refractivity contribution in [2.45, 2.75) is 32.5 Å². The number of Topliss-reactive ketones (excluding diaryl/α,β-unsaturated/α-hetero) is 1. The van der Waals surface area contributed by atoms with Gasteiger partial charge in [0.2, 0.25) is 0 Å². The van der Waals surface area contributed by atoms with Crippen LogP contribution in [0.15, 0.2) is 30.3 Å². The molecular formula is C16H24NO4P. The van der Waals surface area contributed by atoms with E-state index in [0.29, 0.717) is 19.5 Å². The zero-order chi connectivity index (χ0) is 16.0. The van der Waals surface area contributed by atoms with Crippen molar-refractivity contribution in [1.82, 2.24) is 4.90 Å². The van der Waals surface area contributed by atoms with Gasteiger partial charge >= 0.3 is 7.60 Å². The van der Waals surface area contributed by atoms with Crippen molar-refractivity contribution in [1.29, 1.82) is 0 Å². The van der Waals surface area contributed by atoms with Gasteiger partial charge in [-0.25, -0.2) is 0 Å². The number of rotatable bonds is 7. The lowest BCUT2D eigenvalue weighted by Gasteiger charge is -2.34. The first-order valence-corrected chi connectivity index (χ1v) is 9.38. The van der Waals surface area contributed by atoms with Crippen LogP contribution >= 0.6 is 7.60 Å². The van der Waals surface area contributed by atoms with Gasteiger partial charge in [-0.15, -0.1) is 0 Å². The topological polar surface area (TPSA) is 55.8 Å². The summed E-state index contributed by atoms with van der Waals surface area (Å²) in [6.45, 7) is 5.93. The van der Waals surface area contributed by atoms with Gasteiger partial charge in [0.25, 0.3) is 0 Å². The number of piperidine rings is 1. The maximum absolute atomic E-state index is 12.9. The van der Waals surface area contributed by atoms with Crippen LogP contribution in [0.2, 0.25) is 0 Å². The van der Waals surface area contributed by atoms with Crippen LogP contribution in [0.5, 0.6) is 0 Å². The molecule has 0 radical (unpaired) electrons. The summed E-state index contributed by atoms with van der Waals surface area (Å²) in [5.74, 6) is -0.0189. The van der Waals surface area contributed by atoms with E-state index >= 15 is 0 Å². The Morgan fingerprint density at radius 2 is 1.82 bits per heavy atom. The minimum Gasteiger partial charge on any atom is -0.308 e. The molecule has 0 aromatic heterocycles. The highest BCUT2D eigenvalue weighted by molar-refractivity contribution is 7.55. The lowest BCUT2D eigenvalue weighted by Crippen LogP contribution is -2.44. The molecule has 0 unspecified atom stereocenters. The molecule has 0 bridgehead atoms. The summed E-state index contributed by atoms with van der Waals surface area (Å²) < 4.78 is 23.6. The summed E-state index contributed by atoms with van der Waals surface area (Å²) >= 11 is 0. The number of ketones is 1. The molecule has 1 aliphatic heterocycles. The highest BCUT2D eigenvalue weighted by Gasteiger charge is 2.43. The van der Waals surface area contributed by atoms with Crippen LogP contribution in [0.3, 0.4) is 0 Å². The zero-order valence-corrected chi connectivity index (χ0v) is 14.1. The molecule has 1 atom stereocenters. The second-order valence-corrected chi connectivity index (χ2v) is 7.55. The molecule has 0 N–H and O–H groups in total. The van der Waals surface area contributed by atoms with Crippen LogP contribution in [0.4, 0.5) is 0 Å². The molecule has 2 rings (SSSR count). The van der Waals surface area contributed by atoms with Gasteiger partial charge in [-0.2, -0.15) is 0 Å². The van der Waals surface area contributed by atoms with Gasteiger partial charge in [0, 0.05) is 26.1 Å². The number of likely N-dealkylation sites (tertiary alicyclic amines) is 1. The normalized spacial score (nSPS) is 20.3. The fourth-order valence-corrected chi connectivity index (χ4v) is 4.78. The van der Waals surface area contributed by atoms with Gasteiger partial charge in [-0.1, -0.05) is 30.3 Å². The monoisotopic (exact) mass is 325 g/mol. The molecule has 22 heavy (non-hydrogen) atoms. The fourth-order valence-electron chi connectivity index (χ4n) is 2.71. The highest BCUT2D eigenvalue weighted by Crippen LogP contribution is 2.54. The van der Waals surface area contributed by atoms with E-state index in [0.717, 1.165) is 6.54 Å². The molecule has 0 saturated carbocycles. The predicted molar refractivity (Wildman–Crippen MR) is 86.0 cm³/mol. The molecule has 1 fully saturated rings. The number of hydrogen-bond acceptors (Lipinski definition) is 5. The van der Waals surface area contributed by atoms with Gasteiger partial charge < -0.3 is 9.05 Å². The van der Waals surface area contributed by atoms with Gasteiger partial charge in [0.15, 0.2) is 5.78 Å². The van der Waals surface area contributed by atoms with E-state index < -0.39 is 13.3 Å². The quantitative estimate of drug-likeness (QED) is 0.721. The molecule has 0 aliphatic carbocycles. The maximum Gasteiger partial charge on any atom is 0.342 e. The molecule has 0 amide bonds. The van der Waals surface area contributed by atoms with Crippen LogP contribution < -0.4 is 0 Å². The van der Waals surface area contributed by atoms with Crippen LogP contribution in [-0.2, 0) is 25.0 Å². The molecule has 5 nitrogen and oxygen atoms in total. The standard InChI is InChI=1S/C16H24NO4P/c1-3-20-22(19,21-4-2)16-13-17(11-10-15(16)18)12-14-8-6-5-7-9-14/h5-9,16H,3-4,10-13H2,1-2H3/t16-/m1/s1. The summed E-state index contributed by atoms with van der Waals surface area (Å²) in [6.07, 6.45) is 0.391. The largest absolute Gasteiger partial charge is 0.342 e. The first-order valence-electron chi connectivity index (χ1n) is 7.77. The summed E-state index contributed by atoms with van der Waals surface area (Å²) in [7, 11) is -3.38. The van der Waals surface area contributed by atoms with Crippen LogP contribution in [-0.4, -0.2) is 42.6 Å². The number of benzene rings is 1. The van der Waals surface area contributed by atoms with E-state index in [1.165, 1.54) is 5.56 Å². The third-order valence-corrected chi connectivity index (χ3v) is 6.18.